The summed E-state index contributed by atoms with van der Waals surface area (Å²) in [5.74, 6) is 1.39. The van der Waals surface area contributed by atoms with Crippen molar-refractivity contribution >= 4 is 11.8 Å². The van der Waals surface area contributed by atoms with Gasteiger partial charge in [-0.3, -0.25) is 0 Å². The Morgan fingerprint density at radius 2 is 1.67 bits per heavy atom. The fourth-order valence-corrected chi connectivity index (χ4v) is 4.01. The highest BCUT2D eigenvalue weighted by molar-refractivity contribution is 7.99. The maximum absolute atomic E-state index is 10.1. The van der Waals surface area contributed by atoms with Crippen molar-refractivity contribution < 1.29 is 14.6 Å². The van der Waals surface area contributed by atoms with Crippen molar-refractivity contribution in [1.29, 1.82) is 0 Å². The van der Waals surface area contributed by atoms with Gasteiger partial charge in [0.15, 0.2) is 5.16 Å². The van der Waals surface area contributed by atoms with Crippen LogP contribution < -0.4 is 4.74 Å². The molecule has 0 saturated heterocycles. The third-order valence-corrected chi connectivity index (χ3v) is 6.10. The normalized spacial score (nSPS) is 12.2. The largest absolute Gasteiger partial charge is 0.497 e. The quantitative estimate of drug-likeness (QED) is 0.233. The minimum atomic E-state index is -0.483. The number of rotatable bonds is 17. The van der Waals surface area contributed by atoms with Crippen molar-refractivity contribution in [3.05, 3.63) is 30.5 Å². The van der Waals surface area contributed by atoms with Gasteiger partial charge >= 0.3 is 0 Å². The monoisotopic (exact) mass is 434 g/mol. The van der Waals surface area contributed by atoms with E-state index in [-0.39, 0.29) is 0 Å². The number of methoxy groups -OCH3 is 1. The van der Waals surface area contributed by atoms with E-state index in [4.69, 9.17) is 9.47 Å². The summed E-state index contributed by atoms with van der Waals surface area (Å²) in [6.45, 7) is 3.38. The number of hydrogen-bond acceptors (Lipinski definition) is 5. The molecule has 0 bridgehead atoms. The molecule has 0 amide bonds. The number of thioether (sulfide) groups is 1. The molecule has 6 heteroatoms. The Bertz CT molecular complexity index is 675. The second-order valence-electron chi connectivity index (χ2n) is 7.70. The topological polar surface area (TPSA) is 67.4 Å². The van der Waals surface area contributed by atoms with Crippen LogP contribution in [0.3, 0.4) is 0 Å². The average molecular weight is 435 g/mol. The zero-order valence-corrected chi connectivity index (χ0v) is 19.4. The molecule has 2 aromatic rings. The smallest absolute Gasteiger partial charge is 0.165 e. The molecule has 0 aliphatic rings. The number of ether oxygens (including phenoxy) is 2. The number of unbranched alkanes of at least 4 members (excludes halogenated alkanes) is 8. The minimum Gasteiger partial charge on any atom is -0.497 e. The molecule has 2 rings (SSSR count). The molecule has 5 nitrogen and oxygen atoms in total. The zero-order chi connectivity index (χ0) is 21.4. The van der Waals surface area contributed by atoms with E-state index < -0.39 is 6.10 Å². The Morgan fingerprint density at radius 1 is 1.00 bits per heavy atom. The lowest BCUT2D eigenvalue weighted by molar-refractivity contribution is 0.0467. The van der Waals surface area contributed by atoms with Crippen molar-refractivity contribution in [3.8, 4) is 17.0 Å². The van der Waals surface area contributed by atoms with Crippen LogP contribution >= 0.6 is 11.8 Å². The molecule has 168 valence electrons. The van der Waals surface area contributed by atoms with Crippen molar-refractivity contribution in [2.45, 2.75) is 76.0 Å². The van der Waals surface area contributed by atoms with Crippen LogP contribution in [0, 0.1) is 0 Å². The average Bonchev–Trinajstić information content (AvgIpc) is 3.25. The van der Waals surface area contributed by atoms with Crippen molar-refractivity contribution in [2.75, 3.05) is 26.1 Å². The van der Waals surface area contributed by atoms with E-state index in [9.17, 15) is 5.11 Å². The van der Waals surface area contributed by atoms with E-state index in [1.54, 1.807) is 7.11 Å². The molecule has 1 unspecified atom stereocenters. The van der Waals surface area contributed by atoms with Gasteiger partial charge < -0.3 is 19.6 Å². The predicted molar refractivity (Wildman–Crippen MR) is 125 cm³/mol. The molecular weight excluding hydrogens is 396 g/mol. The number of aliphatic hydroxyl groups excluding tert-OH is 1. The maximum atomic E-state index is 10.1. The number of benzene rings is 1. The zero-order valence-electron chi connectivity index (χ0n) is 18.6. The van der Waals surface area contributed by atoms with Gasteiger partial charge in [-0.15, -0.1) is 0 Å². The molecule has 1 atom stereocenters. The molecule has 1 aromatic heterocycles. The van der Waals surface area contributed by atoms with E-state index in [1.165, 1.54) is 63.1 Å². The Kier molecular flexibility index (Phi) is 12.7. The van der Waals surface area contributed by atoms with E-state index in [0.717, 1.165) is 35.2 Å². The van der Waals surface area contributed by atoms with E-state index in [0.29, 0.717) is 12.4 Å². The summed E-state index contributed by atoms with van der Waals surface area (Å²) >= 11 is 1.51. The van der Waals surface area contributed by atoms with E-state index in [1.807, 2.05) is 30.5 Å². The third-order valence-electron chi connectivity index (χ3n) is 5.07. The fourth-order valence-electron chi connectivity index (χ4n) is 3.25. The lowest BCUT2D eigenvalue weighted by Gasteiger charge is -2.10. The highest BCUT2D eigenvalue weighted by Crippen LogP contribution is 2.24. The van der Waals surface area contributed by atoms with Gasteiger partial charge in [-0.1, -0.05) is 70.1 Å². The minimum absolute atomic E-state index is 0.385. The van der Waals surface area contributed by atoms with Crippen LogP contribution in [0.4, 0.5) is 0 Å². The highest BCUT2D eigenvalue weighted by Gasteiger charge is 2.09. The van der Waals surface area contributed by atoms with Gasteiger partial charge in [0.25, 0.3) is 0 Å². The number of nitrogens with zero attached hydrogens (tertiary/aromatic N) is 1. The van der Waals surface area contributed by atoms with Crippen LogP contribution in [-0.4, -0.2) is 47.3 Å². The van der Waals surface area contributed by atoms with Gasteiger partial charge in [-0.05, 0) is 36.2 Å². The maximum Gasteiger partial charge on any atom is 0.165 e. The Labute approximate surface area is 186 Å². The molecule has 0 spiro atoms. The first-order valence-electron chi connectivity index (χ1n) is 11.3. The van der Waals surface area contributed by atoms with Crippen LogP contribution in [0.2, 0.25) is 0 Å². The molecule has 0 aliphatic carbocycles. The van der Waals surface area contributed by atoms with Crippen LogP contribution in [0.5, 0.6) is 5.75 Å². The first kappa shape index (κ1) is 24.8. The summed E-state index contributed by atoms with van der Waals surface area (Å²) in [7, 11) is 1.66. The van der Waals surface area contributed by atoms with Crippen LogP contribution in [0.25, 0.3) is 11.3 Å². The number of aromatic amines is 1. The van der Waals surface area contributed by atoms with Gasteiger partial charge in [0.05, 0.1) is 31.7 Å². The van der Waals surface area contributed by atoms with Crippen LogP contribution in [0.15, 0.2) is 35.6 Å². The van der Waals surface area contributed by atoms with E-state index in [2.05, 4.69) is 16.9 Å². The number of aromatic nitrogens is 2. The summed E-state index contributed by atoms with van der Waals surface area (Å²) in [6.07, 6.45) is 13.1. The van der Waals surface area contributed by atoms with Gasteiger partial charge in [0.2, 0.25) is 0 Å². The second kappa shape index (κ2) is 15.3. The number of nitrogens with one attached hydrogen (secondary N) is 1. The Hall–Kier alpha value is -1.50. The molecule has 2 N–H and O–H groups in total. The van der Waals surface area contributed by atoms with Crippen LogP contribution in [-0.2, 0) is 4.74 Å². The fraction of sp³-hybridized carbons (Fsp3) is 0.625. The van der Waals surface area contributed by atoms with Gasteiger partial charge in [-0.2, -0.15) is 0 Å². The van der Waals surface area contributed by atoms with Crippen molar-refractivity contribution in [3.63, 3.8) is 0 Å². The van der Waals surface area contributed by atoms with E-state index >= 15 is 0 Å². The number of aliphatic hydroxyl groups is 1. The Morgan fingerprint density at radius 3 is 2.33 bits per heavy atom. The molecule has 1 heterocycles. The molecule has 30 heavy (non-hydrogen) atoms. The van der Waals surface area contributed by atoms with Gasteiger partial charge in [0.1, 0.15) is 5.75 Å². The lowest BCUT2D eigenvalue weighted by atomic mass is 10.1. The summed E-state index contributed by atoms with van der Waals surface area (Å²) < 4.78 is 10.8. The summed E-state index contributed by atoms with van der Waals surface area (Å²) in [5, 5.41) is 10.9. The standard InChI is InChI=1S/C24H38N2O3S/c1-3-4-5-6-7-8-9-10-11-16-29-18-21(27)19-30-24-25-17-23(26-24)20-12-14-22(28-2)15-13-20/h12-15,17,21,27H,3-11,16,18-19H2,1-2H3,(H,25,26). The first-order valence-corrected chi connectivity index (χ1v) is 12.3. The Balaban J connectivity index is 1.51. The molecule has 0 aliphatic heterocycles. The number of H-pyrrole nitrogens is 1. The van der Waals surface area contributed by atoms with Crippen LogP contribution in [0.1, 0.15) is 64.7 Å². The molecule has 0 saturated carbocycles. The van der Waals surface area contributed by atoms with Gasteiger partial charge in [-0.25, -0.2) is 4.98 Å². The number of hydrogen-bond donors (Lipinski definition) is 2. The van der Waals surface area contributed by atoms with Crippen molar-refractivity contribution in [2.24, 2.45) is 0 Å². The molecule has 0 radical (unpaired) electrons. The highest BCUT2D eigenvalue weighted by atomic mass is 32.2. The van der Waals surface area contributed by atoms with Gasteiger partial charge in [0, 0.05) is 12.4 Å². The molecule has 1 aromatic carbocycles. The molecule has 0 fully saturated rings. The summed E-state index contributed by atoms with van der Waals surface area (Å²) in [6, 6.07) is 7.85. The number of imidazole rings is 1. The predicted octanol–water partition coefficient (Wildman–Crippen LogP) is 6.09. The SMILES string of the molecule is CCCCCCCCCCCOCC(O)CSc1ncc(-c2ccc(OC)cc2)[nH]1. The summed E-state index contributed by atoms with van der Waals surface area (Å²) in [5.41, 5.74) is 2.01. The lowest BCUT2D eigenvalue weighted by Crippen LogP contribution is -2.18. The molecular formula is C24H38N2O3S. The third kappa shape index (κ3) is 10.0. The second-order valence-corrected chi connectivity index (χ2v) is 8.71. The van der Waals surface area contributed by atoms with Crippen molar-refractivity contribution in [1.82, 2.24) is 9.97 Å². The summed E-state index contributed by atoms with van der Waals surface area (Å²) in [4.78, 5) is 7.69. The first-order chi connectivity index (χ1) is 14.7.